The normalized spacial score (nSPS) is 20.6. The third-order valence-electron chi connectivity index (χ3n) is 5.79. The average molecular weight is 475 g/mol. The lowest BCUT2D eigenvalue weighted by Gasteiger charge is -2.44. The Labute approximate surface area is 185 Å². The smallest absolute Gasteiger partial charge is 0.181 e. The van der Waals surface area contributed by atoms with E-state index in [1.165, 1.54) is 0 Å². The van der Waals surface area contributed by atoms with Crippen LogP contribution < -0.4 is 0 Å². The predicted molar refractivity (Wildman–Crippen MR) is 118 cm³/mol. The Morgan fingerprint density at radius 3 is 2.10 bits per heavy atom. The van der Waals surface area contributed by atoms with Crippen molar-refractivity contribution in [3.63, 3.8) is 0 Å². The van der Waals surface area contributed by atoms with Gasteiger partial charge in [-0.2, -0.15) is 0 Å². The molecule has 2 fully saturated rings. The molecule has 7 heteroatoms. The van der Waals surface area contributed by atoms with E-state index in [4.69, 9.17) is 9.47 Å². The van der Waals surface area contributed by atoms with Gasteiger partial charge < -0.3 is 14.6 Å². The molecular formula is C23H27BrN2O4. The number of aromatic hydroxyl groups is 1. The zero-order valence-corrected chi connectivity index (χ0v) is 18.5. The minimum Gasteiger partial charge on any atom is -0.508 e. The number of morpholine rings is 2. The van der Waals surface area contributed by atoms with E-state index in [0.29, 0.717) is 45.1 Å². The lowest BCUT2D eigenvalue weighted by Crippen LogP contribution is -2.55. The molecule has 2 aromatic carbocycles. The van der Waals surface area contributed by atoms with Crippen LogP contribution in [0.25, 0.3) is 0 Å². The molecule has 160 valence electrons. The van der Waals surface area contributed by atoms with Crippen LogP contribution in [0, 0.1) is 0 Å². The topological polar surface area (TPSA) is 62.2 Å². The van der Waals surface area contributed by atoms with E-state index in [1.54, 1.807) is 12.1 Å². The number of ketones is 1. The molecule has 0 amide bonds. The Hall–Kier alpha value is -1.77. The van der Waals surface area contributed by atoms with Crippen LogP contribution in [0.3, 0.4) is 0 Å². The molecule has 2 unspecified atom stereocenters. The fourth-order valence-corrected chi connectivity index (χ4v) is 4.57. The van der Waals surface area contributed by atoms with Crippen LogP contribution in [0.1, 0.15) is 22.0 Å². The lowest BCUT2D eigenvalue weighted by atomic mass is 9.89. The first-order valence-electron chi connectivity index (χ1n) is 10.4. The van der Waals surface area contributed by atoms with Gasteiger partial charge in [0.05, 0.1) is 38.5 Å². The molecule has 2 atom stereocenters. The Kier molecular flexibility index (Phi) is 7.17. The molecule has 0 saturated carbocycles. The van der Waals surface area contributed by atoms with E-state index < -0.39 is 0 Å². The number of phenols is 1. The largest absolute Gasteiger partial charge is 0.508 e. The molecular weight excluding hydrogens is 448 g/mol. The van der Waals surface area contributed by atoms with Crippen molar-refractivity contribution in [2.24, 2.45) is 0 Å². The molecule has 1 N–H and O–H groups in total. The highest BCUT2D eigenvalue weighted by atomic mass is 79.9. The Morgan fingerprint density at radius 2 is 1.50 bits per heavy atom. The summed E-state index contributed by atoms with van der Waals surface area (Å²) < 4.78 is 12.1. The minimum absolute atomic E-state index is 0.0873. The van der Waals surface area contributed by atoms with E-state index >= 15 is 0 Å². The van der Waals surface area contributed by atoms with Crippen LogP contribution in [0.15, 0.2) is 53.0 Å². The second kappa shape index (κ2) is 10.0. The molecule has 0 radical (unpaired) electrons. The molecule has 2 aliphatic heterocycles. The number of carbonyl (C=O) groups excluding carboxylic acids is 1. The average Bonchev–Trinajstić information content (AvgIpc) is 2.78. The number of carbonyl (C=O) groups is 1. The van der Waals surface area contributed by atoms with Gasteiger partial charge in [-0.1, -0.05) is 40.2 Å². The lowest BCUT2D eigenvalue weighted by molar-refractivity contribution is -0.0302. The maximum absolute atomic E-state index is 13.9. The second-order valence-corrected chi connectivity index (χ2v) is 8.57. The summed E-state index contributed by atoms with van der Waals surface area (Å²) in [5, 5.41) is 10.2. The number of halogens is 1. The fourth-order valence-electron chi connectivity index (χ4n) is 4.31. The monoisotopic (exact) mass is 474 g/mol. The fraction of sp³-hybridized carbons (Fsp3) is 0.435. The molecule has 2 aliphatic rings. The molecule has 6 nitrogen and oxygen atoms in total. The molecule has 0 bridgehead atoms. The van der Waals surface area contributed by atoms with Gasteiger partial charge in [0.15, 0.2) is 5.78 Å². The van der Waals surface area contributed by atoms with Gasteiger partial charge in [0, 0.05) is 36.2 Å². The number of nitrogens with zero attached hydrogens (tertiary/aromatic N) is 2. The van der Waals surface area contributed by atoms with Crippen molar-refractivity contribution in [2.45, 2.75) is 12.1 Å². The van der Waals surface area contributed by atoms with Crippen LogP contribution in [0.4, 0.5) is 0 Å². The first kappa shape index (κ1) is 21.5. The molecule has 2 saturated heterocycles. The van der Waals surface area contributed by atoms with Crippen LogP contribution in [0.2, 0.25) is 0 Å². The van der Waals surface area contributed by atoms with E-state index in [9.17, 15) is 9.90 Å². The maximum Gasteiger partial charge on any atom is 0.181 e. The van der Waals surface area contributed by atoms with Gasteiger partial charge >= 0.3 is 0 Å². The Balaban J connectivity index is 1.77. The van der Waals surface area contributed by atoms with Crippen LogP contribution in [0.5, 0.6) is 5.75 Å². The first-order chi connectivity index (χ1) is 14.6. The van der Waals surface area contributed by atoms with Gasteiger partial charge in [0.25, 0.3) is 0 Å². The number of benzene rings is 2. The molecule has 0 aromatic heterocycles. The van der Waals surface area contributed by atoms with Gasteiger partial charge in [-0.3, -0.25) is 14.6 Å². The van der Waals surface area contributed by atoms with E-state index in [2.05, 4.69) is 25.7 Å². The number of Topliss-reactive ketones (excluding diaryl/α,β-unsaturated/α-hetero) is 1. The number of phenolic OH excluding ortho intramolecular Hbond substituents is 1. The summed E-state index contributed by atoms with van der Waals surface area (Å²) in [4.78, 5) is 18.4. The van der Waals surface area contributed by atoms with Crippen LogP contribution in [-0.4, -0.2) is 79.3 Å². The second-order valence-electron chi connectivity index (χ2n) is 7.65. The third kappa shape index (κ3) is 4.92. The Bertz CT molecular complexity index is 849. The zero-order valence-electron chi connectivity index (χ0n) is 16.9. The summed E-state index contributed by atoms with van der Waals surface area (Å²) in [5.41, 5.74) is 1.63. The van der Waals surface area contributed by atoms with Crippen molar-refractivity contribution in [3.05, 3.63) is 64.1 Å². The number of hydrogen-bond acceptors (Lipinski definition) is 6. The van der Waals surface area contributed by atoms with Gasteiger partial charge in [0.1, 0.15) is 5.75 Å². The molecule has 0 spiro atoms. The van der Waals surface area contributed by atoms with Crippen molar-refractivity contribution in [3.8, 4) is 5.75 Å². The summed E-state index contributed by atoms with van der Waals surface area (Å²) >= 11 is 3.46. The van der Waals surface area contributed by atoms with Gasteiger partial charge in [-0.25, -0.2) is 0 Å². The van der Waals surface area contributed by atoms with Crippen molar-refractivity contribution in [1.29, 1.82) is 0 Å². The summed E-state index contributed by atoms with van der Waals surface area (Å²) in [6, 6.07) is 14.3. The first-order valence-corrected chi connectivity index (χ1v) is 11.1. The van der Waals surface area contributed by atoms with Gasteiger partial charge in [0.2, 0.25) is 0 Å². The standard InChI is InChI=1S/C23H27BrN2O4/c24-19-6-4-17(5-7-19)23(28)22(26-10-14-30-15-11-26)21(25-8-12-29-13-9-25)18-2-1-3-20(27)16-18/h1-7,16,21-22,27H,8-15H2. The summed E-state index contributed by atoms with van der Waals surface area (Å²) in [6.45, 7) is 5.39. The van der Waals surface area contributed by atoms with E-state index in [-0.39, 0.29) is 23.6 Å². The quantitative estimate of drug-likeness (QED) is 0.649. The molecule has 2 heterocycles. The zero-order chi connectivity index (χ0) is 20.9. The summed E-state index contributed by atoms with van der Waals surface area (Å²) in [5.74, 6) is 0.298. The van der Waals surface area contributed by atoms with Crippen molar-refractivity contribution in [1.82, 2.24) is 9.80 Å². The van der Waals surface area contributed by atoms with Gasteiger partial charge in [-0.05, 0) is 29.8 Å². The third-order valence-corrected chi connectivity index (χ3v) is 6.31. The van der Waals surface area contributed by atoms with E-state index in [0.717, 1.165) is 23.1 Å². The Morgan fingerprint density at radius 1 is 0.900 bits per heavy atom. The molecule has 30 heavy (non-hydrogen) atoms. The summed E-state index contributed by atoms with van der Waals surface area (Å²) in [6.07, 6.45) is 0. The van der Waals surface area contributed by atoms with E-state index in [1.807, 2.05) is 36.4 Å². The highest BCUT2D eigenvalue weighted by molar-refractivity contribution is 9.10. The van der Waals surface area contributed by atoms with Crippen molar-refractivity contribution < 1.29 is 19.4 Å². The number of ether oxygens (including phenoxy) is 2. The predicted octanol–water partition coefficient (Wildman–Crippen LogP) is 3.11. The number of hydrogen-bond donors (Lipinski definition) is 1. The highest BCUT2D eigenvalue weighted by Gasteiger charge is 2.39. The molecule has 4 rings (SSSR count). The minimum atomic E-state index is -0.380. The van der Waals surface area contributed by atoms with Crippen LogP contribution >= 0.6 is 15.9 Å². The maximum atomic E-state index is 13.9. The molecule has 2 aromatic rings. The van der Waals surface area contributed by atoms with Crippen LogP contribution in [-0.2, 0) is 9.47 Å². The van der Waals surface area contributed by atoms with Gasteiger partial charge in [-0.15, -0.1) is 0 Å². The summed E-state index contributed by atoms with van der Waals surface area (Å²) in [7, 11) is 0. The van der Waals surface area contributed by atoms with Crippen molar-refractivity contribution in [2.75, 3.05) is 52.6 Å². The number of rotatable bonds is 6. The van der Waals surface area contributed by atoms with Crippen molar-refractivity contribution >= 4 is 21.7 Å². The molecule has 0 aliphatic carbocycles. The SMILES string of the molecule is O=C(c1ccc(Br)cc1)C(C(c1cccc(O)c1)N1CCOCC1)N1CCOCC1. The highest BCUT2D eigenvalue weighted by Crippen LogP contribution is 2.33.